The molecule has 0 spiro atoms. The van der Waals surface area contributed by atoms with Crippen LogP contribution in [0.15, 0.2) is 6.33 Å². The van der Waals surface area contributed by atoms with Crippen molar-refractivity contribution >= 4 is 0 Å². The molecule has 4 nitrogen and oxygen atoms in total. The lowest BCUT2D eigenvalue weighted by Gasteiger charge is -2.22. The number of rotatable bonds is 2. The highest BCUT2D eigenvalue weighted by Gasteiger charge is 2.29. The zero-order chi connectivity index (χ0) is 9.38. The average Bonchev–Trinajstić information content (AvgIpc) is 2.98. The van der Waals surface area contributed by atoms with Gasteiger partial charge < -0.3 is 9.88 Å². The average molecular weight is 192 g/mol. The van der Waals surface area contributed by atoms with Crippen LogP contribution in [0.25, 0.3) is 0 Å². The van der Waals surface area contributed by atoms with Crippen LogP contribution in [-0.4, -0.2) is 21.3 Å². The molecule has 1 saturated heterocycles. The lowest BCUT2D eigenvalue weighted by Crippen LogP contribution is -2.29. The molecule has 76 valence electrons. The predicted octanol–water partition coefficient (Wildman–Crippen LogP) is 1.43. The van der Waals surface area contributed by atoms with E-state index in [0.29, 0.717) is 12.1 Å². The summed E-state index contributed by atoms with van der Waals surface area (Å²) in [6.07, 6.45) is 8.33. The topological polar surface area (TPSA) is 42.7 Å². The fraction of sp³-hybridized carbons (Fsp3) is 0.800. The van der Waals surface area contributed by atoms with Gasteiger partial charge in [0.15, 0.2) is 0 Å². The van der Waals surface area contributed by atoms with Gasteiger partial charge in [-0.25, -0.2) is 0 Å². The van der Waals surface area contributed by atoms with E-state index < -0.39 is 0 Å². The maximum atomic E-state index is 4.25. The number of piperidine rings is 1. The Morgan fingerprint density at radius 1 is 1.29 bits per heavy atom. The van der Waals surface area contributed by atoms with Crippen molar-refractivity contribution in [3.63, 3.8) is 0 Å². The molecule has 0 radical (unpaired) electrons. The van der Waals surface area contributed by atoms with E-state index in [9.17, 15) is 0 Å². The normalized spacial score (nSPS) is 27.9. The van der Waals surface area contributed by atoms with Gasteiger partial charge in [0.25, 0.3) is 0 Å². The number of hydrogen-bond donors (Lipinski definition) is 1. The van der Waals surface area contributed by atoms with E-state index in [-0.39, 0.29) is 0 Å². The van der Waals surface area contributed by atoms with Gasteiger partial charge in [0, 0.05) is 6.04 Å². The Balaban J connectivity index is 1.82. The second kappa shape index (κ2) is 3.35. The molecule has 1 saturated carbocycles. The van der Waals surface area contributed by atoms with E-state index in [1.807, 2.05) is 6.33 Å². The smallest absolute Gasteiger partial charge is 0.150 e. The van der Waals surface area contributed by atoms with Gasteiger partial charge in [-0.1, -0.05) is 6.42 Å². The fourth-order valence-corrected chi connectivity index (χ4v) is 2.21. The van der Waals surface area contributed by atoms with Gasteiger partial charge in [-0.15, -0.1) is 10.2 Å². The van der Waals surface area contributed by atoms with Crippen LogP contribution < -0.4 is 5.32 Å². The predicted molar refractivity (Wildman–Crippen MR) is 52.9 cm³/mol. The summed E-state index contributed by atoms with van der Waals surface area (Å²) >= 11 is 0. The maximum Gasteiger partial charge on any atom is 0.150 e. The van der Waals surface area contributed by atoms with Crippen LogP contribution in [0.4, 0.5) is 0 Å². The summed E-state index contributed by atoms with van der Waals surface area (Å²) in [7, 11) is 0. The van der Waals surface area contributed by atoms with Crippen LogP contribution in [0.1, 0.15) is 50.0 Å². The first-order chi connectivity index (χ1) is 6.95. The summed E-state index contributed by atoms with van der Waals surface area (Å²) in [6, 6.07) is 1.15. The van der Waals surface area contributed by atoms with Gasteiger partial charge in [-0.2, -0.15) is 0 Å². The van der Waals surface area contributed by atoms with Gasteiger partial charge in [0.2, 0.25) is 0 Å². The van der Waals surface area contributed by atoms with Crippen molar-refractivity contribution in [1.29, 1.82) is 0 Å². The molecule has 2 aliphatic rings. The zero-order valence-electron chi connectivity index (χ0n) is 8.32. The zero-order valence-corrected chi connectivity index (χ0v) is 8.32. The summed E-state index contributed by atoms with van der Waals surface area (Å²) in [6.45, 7) is 1.13. The van der Waals surface area contributed by atoms with Gasteiger partial charge in [0.05, 0.1) is 6.04 Å². The molecule has 2 heterocycles. The summed E-state index contributed by atoms with van der Waals surface area (Å²) in [5.41, 5.74) is 0. The monoisotopic (exact) mass is 192 g/mol. The molecule has 1 aliphatic carbocycles. The van der Waals surface area contributed by atoms with Crippen LogP contribution in [0.5, 0.6) is 0 Å². The molecule has 1 aromatic rings. The van der Waals surface area contributed by atoms with Gasteiger partial charge >= 0.3 is 0 Å². The number of nitrogens with one attached hydrogen (secondary N) is 1. The van der Waals surface area contributed by atoms with Crippen molar-refractivity contribution in [2.45, 2.75) is 44.2 Å². The third kappa shape index (κ3) is 1.43. The second-order valence-electron chi connectivity index (χ2n) is 4.33. The first kappa shape index (κ1) is 8.41. The quantitative estimate of drug-likeness (QED) is 0.770. The Kier molecular flexibility index (Phi) is 2.01. The Hall–Kier alpha value is -0.900. The molecular formula is C10H16N4. The summed E-state index contributed by atoms with van der Waals surface area (Å²) in [5.74, 6) is 1.16. The van der Waals surface area contributed by atoms with Crippen molar-refractivity contribution in [1.82, 2.24) is 20.1 Å². The summed E-state index contributed by atoms with van der Waals surface area (Å²) in [5, 5.41) is 11.8. The van der Waals surface area contributed by atoms with Crippen LogP contribution in [-0.2, 0) is 0 Å². The minimum atomic E-state index is 0.451. The van der Waals surface area contributed by atoms with Crippen LogP contribution in [0.3, 0.4) is 0 Å². The Bertz CT molecular complexity index is 310. The molecule has 4 heteroatoms. The fourth-order valence-electron chi connectivity index (χ4n) is 2.21. The molecule has 1 aromatic heterocycles. The Labute approximate surface area is 83.7 Å². The lowest BCUT2D eigenvalue weighted by atomic mass is 10.0. The molecule has 0 amide bonds. The highest BCUT2D eigenvalue weighted by molar-refractivity contribution is 5.01. The van der Waals surface area contributed by atoms with Crippen LogP contribution >= 0.6 is 0 Å². The first-order valence-electron chi connectivity index (χ1n) is 5.58. The molecule has 3 rings (SSSR count). The lowest BCUT2D eigenvalue weighted by molar-refractivity contribution is 0.385. The molecule has 2 fully saturated rings. The SMILES string of the molecule is c1nnc(C2CCCCN2)n1C1CC1. The van der Waals surface area contributed by atoms with Crippen LogP contribution in [0.2, 0.25) is 0 Å². The molecule has 14 heavy (non-hydrogen) atoms. The molecule has 1 N–H and O–H groups in total. The standard InChI is InChI=1S/C10H16N4/c1-2-6-11-9(3-1)10-13-12-7-14(10)8-4-5-8/h7-9,11H,1-6H2. The molecule has 1 atom stereocenters. The highest BCUT2D eigenvalue weighted by atomic mass is 15.3. The van der Waals surface area contributed by atoms with Crippen molar-refractivity contribution in [3.8, 4) is 0 Å². The molecular weight excluding hydrogens is 176 g/mol. The van der Waals surface area contributed by atoms with Gasteiger partial charge in [-0.05, 0) is 32.2 Å². The first-order valence-corrected chi connectivity index (χ1v) is 5.58. The third-order valence-electron chi connectivity index (χ3n) is 3.16. The van der Waals surface area contributed by atoms with E-state index in [0.717, 1.165) is 12.4 Å². The van der Waals surface area contributed by atoms with Crippen molar-refractivity contribution < 1.29 is 0 Å². The summed E-state index contributed by atoms with van der Waals surface area (Å²) < 4.78 is 2.27. The van der Waals surface area contributed by atoms with E-state index >= 15 is 0 Å². The van der Waals surface area contributed by atoms with E-state index in [4.69, 9.17) is 0 Å². The number of aromatic nitrogens is 3. The number of nitrogens with zero attached hydrogens (tertiary/aromatic N) is 3. The summed E-state index contributed by atoms with van der Waals surface area (Å²) in [4.78, 5) is 0. The van der Waals surface area contributed by atoms with E-state index in [2.05, 4.69) is 20.1 Å². The molecule has 0 bridgehead atoms. The Morgan fingerprint density at radius 3 is 2.93 bits per heavy atom. The Morgan fingerprint density at radius 2 is 2.21 bits per heavy atom. The third-order valence-corrected chi connectivity index (χ3v) is 3.16. The highest BCUT2D eigenvalue weighted by Crippen LogP contribution is 2.37. The van der Waals surface area contributed by atoms with Crippen molar-refractivity contribution in [3.05, 3.63) is 12.2 Å². The minimum absolute atomic E-state index is 0.451. The largest absolute Gasteiger partial charge is 0.313 e. The van der Waals surface area contributed by atoms with Crippen molar-refractivity contribution in [2.75, 3.05) is 6.54 Å². The second-order valence-corrected chi connectivity index (χ2v) is 4.33. The molecule has 1 unspecified atom stereocenters. The maximum absolute atomic E-state index is 4.25. The minimum Gasteiger partial charge on any atom is -0.313 e. The van der Waals surface area contributed by atoms with Crippen molar-refractivity contribution in [2.24, 2.45) is 0 Å². The molecule has 0 aromatic carbocycles. The van der Waals surface area contributed by atoms with Gasteiger partial charge in [-0.3, -0.25) is 0 Å². The van der Waals surface area contributed by atoms with Crippen LogP contribution in [0, 0.1) is 0 Å². The van der Waals surface area contributed by atoms with E-state index in [1.54, 1.807) is 0 Å². The van der Waals surface area contributed by atoms with E-state index in [1.165, 1.54) is 32.1 Å². The molecule has 1 aliphatic heterocycles. The number of hydrogen-bond acceptors (Lipinski definition) is 3. The van der Waals surface area contributed by atoms with Gasteiger partial charge in [0.1, 0.15) is 12.2 Å².